The maximum Gasteiger partial charge on any atom is 0.278 e. The molecule has 0 atom stereocenters. The number of carbonyl (C=O) groups excluding carboxylic acids is 1. The summed E-state index contributed by atoms with van der Waals surface area (Å²) in [7, 11) is 1.57. The number of nitrogens with zero attached hydrogens (tertiary/aromatic N) is 2. The molecule has 0 saturated carbocycles. The van der Waals surface area contributed by atoms with Gasteiger partial charge in [0.05, 0.1) is 25.0 Å². The van der Waals surface area contributed by atoms with Gasteiger partial charge in [-0.2, -0.15) is 0 Å². The highest BCUT2D eigenvalue weighted by Gasteiger charge is 2.30. The second-order valence-electron chi connectivity index (χ2n) is 8.03. The largest absolute Gasteiger partial charge is 0.497 e. The molecule has 2 heterocycles. The van der Waals surface area contributed by atoms with Crippen LogP contribution >= 0.6 is 0 Å². The van der Waals surface area contributed by atoms with Gasteiger partial charge in [0.25, 0.3) is 5.56 Å². The standard InChI is InChI=1S/C27H25N3O5/c1-3-34-23-14-7-9-18-15-22-26(32)30(20-11-5-4-6-12-20)29(27(22)35-25(18)23)17-24(31)28-19-10-8-13-21(16-19)33-2/h4-14,16H,3,15,17H2,1-2H3,(H,28,31). The van der Waals surface area contributed by atoms with Gasteiger partial charge < -0.3 is 19.5 Å². The molecule has 0 aliphatic carbocycles. The lowest BCUT2D eigenvalue weighted by Crippen LogP contribution is -2.27. The number of para-hydroxylation sites is 2. The Labute approximate surface area is 202 Å². The van der Waals surface area contributed by atoms with Crippen molar-refractivity contribution < 1.29 is 19.0 Å². The van der Waals surface area contributed by atoms with Crippen LogP contribution in [0.5, 0.6) is 23.1 Å². The number of aromatic nitrogens is 2. The SMILES string of the molecule is CCOc1cccc2c1Oc1c(c(=O)n(-c3ccccc3)n1CC(=O)Nc1cccc(OC)c1)C2. The molecule has 1 amide bonds. The van der Waals surface area contributed by atoms with E-state index in [4.69, 9.17) is 14.2 Å². The maximum absolute atomic E-state index is 13.6. The minimum Gasteiger partial charge on any atom is -0.497 e. The van der Waals surface area contributed by atoms with Crippen molar-refractivity contribution in [3.05, 3.63) is 94.3 Å². The van der Waals surface area contributed by atoms with E-state index in [0.29, 0.717) is 53.1 Å². The molecule has 0 radical (unpaired) electrons. The van der Waals surface area contributed by atoms with E-state index in [1.165, 1.54) is 4.68 Å². The van der Waals surface area contributed by atoms with Gasteiger partial charge in [-0.25, -0.2) is 9.36 Å². The Hall–Kier alpha value is -4.46. The van der Waals surface area contributed by atoms with E-state index >= 15 is 0 Å². The number of ether oxygens (including phenoxy) is 3. The summed E-state index contributed by atoms with van der Waals surface area (Å²) in [6, 6.07) is 21.9. The van der Waals surface area contributed by atoms with Crippen molar-refractivity contribution in [3.63, 3.8) is 0 Å². The lowest BCUT2D eigenvalue weighted by atomic mass is 10.0. The number of nitrogens with one attached hydrogen (secondary N) is 1. The molecule has 0 saturated heterocycles. The zero-order valence-corrected chi connectivity index (χ0v) is 19.5. The molecule has 1 aliphatic rings. The summed E-state index contributed by atoms with van der Waals surface area (Å²) in [5.74, 6) is 1.82. The van der Waals surface area contributed by atoms with Gasteiger partial charge >= 0.3 is 0 Å². The summed E-state index contributed by atoms with van der Waals surface area (Å²) in [5, 5.41) is 2.88. The smallest absolute Gasteiger partial charge is 0.278 e. The van der Waals surface area contributed by atoms with Gasteiger partial charge in [-0.15, -0.1) is 0 Å². The van der Waals surface area contributed by atoms with Crippen molar-refractivity contribution in [2.24, 2.45) is 0 Å². The Morgan fingerprint density at radius 1 is 1.06 bits per heavy atom. The number of anilines is 1. The van der Waals surface area contributed by atoms with Crippen LogP contribution in [0.3, 0.4) is 0 Å². The van der Waals surface area contributed by atoms with Gasteiger partial charge in [0.1, 0.15) is 12.3 Å². The number of amides is 1. The second-order valence-corrected chi connectivity index (χ2v) is 8.03. The predicted octanol–water partition coefficient (Wildman–Crippen LogP) is 4.38. The number of benzene rings is 3. The van der Waals surface area contributed by atoms with Crippen LogP contribution in [0.15, 0.2) is 77.6 Å². The second kappa shape index (κ2) is 9.42. The van der Waals surface area contributed by atoms with Crippen LogP contribution < -0.4 is 25.1 Å². The summed E-state index contributed by atoms with van der Waals surface area (Å²) in [6.07, 6.45) is 0.377. The Kier molecular flexibility index (Phi) is 6.01. The maximum atomic E-state index is 13.6. The summed E-state index contributed by atoms with van der Waals surface area (Å²) >= 11 is 0. The first-order chi connectivity index (χ1) is 17.1. The van der Waals surface area contributed by atoms with Crippen molar-refractivity contribution in [1.82, 2.24) is 9.36 Å². The van der Waals surface area contributed by atoms with Gasteiger partial charge in [-0.1, -0.05) is 36.4 Å². The number of rotatable bonds is 7. The van der Waals surface area contributed by atoms with Gasteiger partial charge in [0, 0.05) is 23.7 Å². The quantitative estimate of drug-likeness (QED) is 0.381. The highest BCUT2D eigenvalue weighted by atomic mass is 16.5. The van der Waals surface area contributed by atoms with Gasteiger partial charge in [0.15, 0.2) is 11.5 Å². The monoisotopic (exact) mass is 471 g/mol. The molecule has 8 nitrogen and oxygen atoms in total. The third-order valence-corrected chi connectivity index (χ3v) is 5.76. The lowest BCUT2D eigenvalue weighted by molar-refractivity contribution is -0.117. The molecule has 0 unspecified atom stereocenters. The molecule has 1 N–H and O–H groups in total. The van der Waals surface area contributed by atoms with Gasteiger partial charge in [-0.3, -0.25) is 9.59 Å². The highest BCUT2D eigenvalue weighted by Crippen LogP contribution is 2.42. The normalized spacial score (nSPS) is 11.7. The van der Waals surface area contributed by atoms with E-state index in [1.54, 1.807) is 36.1 Å². The lowest BCUT2D eigenvalue weighted by Gasteiger charge is -2.21. The van der Waals surface area contributed by atoms with Crippen LogP contribution in [0.4, 0.5) is 5.69 Å². The average Bonchev–Trinajstić information content (AvgIpc) is 3.14. The van der Waals surface area contributed by atoms with E-state index in [0.717, 1.165) is 5.56 Å². The highest BCUT2D eigenvalue weighted by molar-refractivity contribution is 5.90. The van der Waals surface area contributed by atoms with E-state index < -0.39 is 0 Å². The minimum atomic E-state index is -0.312. The molecule has 3 aromatic carbocycles. The fraction of sp³-hybridized carbons (Fsp3) is 0.185. The fourth-order valence-electron chi connectivity index (χ4n) is 4.22. The Morgan fingerprint density at radius 3 is 2.63 bits per heavy atom. The molecule has 0 fully saturated rings. The van der Waals surface area contributed by atoms with E-state index in [-0.39, 0.29) is 18.0 Å². The Bertz CT molecular complexity index is 1440. The van der Waals surface area contributed by atoms with Crippen molar-refractivity contribution in [2.75, 3.05) is 19.0 Å². The average molecular weight is 472 g/mol. The van der Waals surface area contributed by atoms with Crippen LogP contribution in [-0.2, 0) is 17.8 Å². The number of fused-ring (bicyclic) bond motifs is 2. The Balaban J connectivity index is 1.56. The van der Waals surface area contributed by atoms with Crippen LogP contribution in [0.25, 0.3) is 5.69 Å². The van der Waals surface area contributed by atoms with Gasteiger partial charge in [-0.05, 0) is 37.3 Å². The first kappa shape index (κ1) is 22.3. The third kappa shape index (κ3) is 4.26. The molecule has 5 rings (SSSR count). The van der Waals surface area contributed by atoms with E-state index in [9.17, 15) is 9.59 Å². The zero-order chi connectivity index (χ0) is 24.4. The number of hydrogen-bond donors (Lipinski definition) is 1. The zero-order valence-electron chi connectivity index (χ0n) is 19.5. The fourth-order valence-corrected chi connectivity index (χ4v) is 4.22. The minimum absolute atomic E-state index is 0.136. The third-order valence-electron chi connectivity index (χ3n) is 5.76. The Morgan fingerprint density at radius 2 is 1.86 bits per heavy atom. The van der Waals surface area contributed by atoms with Crippen LogP contribution in [0.1, 0.15) is 18.1 Å². The topological polar surface area (TPSA) is 83.7 Å². The first-order valence-electron chi connectivity index (χ1n) is 11.4. The van der Waals surface area contributed by atoms with Crippen molar-refractivity contribution in [1.29, 1.82) is 0 Å². The molecule has 35 heavy (non-hydrogen) atoms. The van der Waals surface area contributed by atoms with E-state index in [1.807, 2.05) is 55.5 Å². The number of hydrogen-bond acceptors (Lipinski definition) is 5. The van der Waals surface area contributed by atoms with Gasteiger partial charge in [0.2, 0.25) is 11.8 Å². The molecular weight excluding hydrogens is 446 g/mol. The summed E-state index contributed by atoms with van der Waals surface area (Å²) < 4.78 is 20.3. The van der Waals surface area contributed by atoms with Crippen molar-refractivity contribution in [2.45, 2.75) is 19.9 Å². The van der Waals surface area contributed by atoms with E-state index in [2.05, 4.69) is 5.32 Å². The number of carbonyl (C=O) groups is 1. The van der Waals surface area contributed by atoms with Crippen LogP contribution in [-0.4, -0.2) is 29.0 Å². The van der Waals surface area contributed by atoms with Crippen LogP contribution in [0, 0.1) is 0 Å². The molecule has 0 bridgehead atoms. The summed E-state index contributed by atoms with van der Waals surface area (Å²) in [4.78, 5) is 26.7. The first-order valence-corrected chi connectivity index (χ1v) is 11.4. The van der Waals surface area contributed by atoms with Crippen molar-refractivity contribution in [3.8, 4) is 28.8 Å². The molecule has 178 valence electrons. The summed E-state index contributed by atoms with van der Waals surface area (Å²) in [5.41, 5.74) is 2.35. The summed E-state index contributed by atoms with van der Waals surface area (Å²) in [6.45, 7) is 2.24. The molecule has 8 heteroatoms. The number of methoxy groups -OCH3 is 1. The molecule has 0 spiro atoms. The molecular formula is C27H25N3O5. The van der Waals surface area contributed by atoms with Crippen LogP contribution in [0.2, 0.25) is 0 Å². The van der Waals surface area contributed by atoms with Crippen molar-refractivity contribution >= 4 is 11.6 Å². The molecule has 1 aromatic heterocycles. The predicted molar refractivity (Wildman–Crippen MR) is 132 cm³/mol. The molecule has 1 aliphatic heterocycles. The molecule has 4 aromatic rings.